The van der Waals surface area contributed by atoms with Crippen LogP contribution < -0.4 is 15.0 Å². The fourth-order valence-electron chi connectivity index (χ4n) is 3.33. The van der Waals surface area contributed by atoms with E-state index in [-0.39, 0.29) is 0 Å². The van der Waals surface area contributed by atoms with Gasteiger partial charge in [0.2, 0.25) is 0 Å². The van der Waals surface area contributed by atoms with E-state index in [1.807, 2.05) is 0 Å². The maximum absolute atomic E-state index is 5.79. The van der Waals surface area contributed by atoms with Crippen LogP contribution in [0.15, 0.2) is 18.2 Å². The third-order valence-electron chi connectivity index (χ3n) is 4.37. The molecule has 3 nitrogen and oxygen atoms in total. The van der Waals surface area contributed by atoms with Crippen LogP contribution in [0.4, 0.5) is 5.69 Å². The van der Waals surface area contributed by atoms with Gasteiger partial charge in [0.1, 0.15) is 12.4 Å². The molecule has 0 aromatic heterocycles. The number of piperidine rings is 1. The summed E-state index contributed by atoms with van der Waals surface area (Å²) in [6.07, 6.45) is 6.35. The van der Waals surface area contributed by atoms with Gasteiger partial charge in [-0.2, -0.15) is 0 Å². The lowest BCUT2D eigenvalue weighted by molar-refractivity contribution is 0.307. The molecular weight excluding hydrogens is 248 g/mol. The van der Waals surface area contributed by atoms with Gasteiger partial charge in [-0.3, -0.25) is 0 Å². The summed E-state index contributed by atoms with van der Waals surface area (Å²) in [6, 6.07) is 7.41. The largest absolute Gasteiger partial charge is 0.490 e. The molecule has 0 spiro atoms. The van der Waals surface area contributed by atoms with Crippen LogP contribution in [0.25, 0.3) is 0 Å². The van der Waals surface area contributed by atoms with E-state index < -0.39 is 0 Å². The second-order valence-electron chi connectivity index (χ2n) is 5.99. The zero-order valence-electron chi connectivity index (χ0n) is 12.5. The molecule has 2 aliphatic heterocycles. The van der Waals surface area contributed by atoms with Gasteiger partial charge in [0.25, 0.3) is 0 Å². The summed E-state index contributed by atoms with van der Waals surface area (Å²) >= 11 is 0. The molecule has 2 aliphatic rings. The van der Waals surface area contributed by atoms with Crippen molar-refractivity contribution in [1.29, 1.82) is 0 Å². The molecule has 20 heavy (non-hydrogen) atoms. The Balaban J connectivity index is 1.74. The Bertz CT molecular complexity index is 441. The van der Waals surface area contributed by atoms with Crippen molar-refractivity contribution in [3.05, 3.63) is 23.8 Å². The molecule has 1 saturated heterocycles. The summed E-state index contributed by atoms with van der Waals surface area (Å²) < 4.78 is 5.79. The lowest BCUT2D eigenvalue weighted by Gasteiger charge is -2.32. The molecule has 1 N–H and O–H groups in total. The Labute approximate surface area is 122 Å². The van der Waals surface area contributed by atoms with E-state index in [1.165, 1.54) is 43.5 Å². The fraction of sp³-hybridized carbons (Fsp3) is 0.647. The summed E-state index contributed by atoms with van der Waals surface area (Å²) in [4.78, 5) is 2.47. The number of hydrogen-bond donors (Lipinski definition) is 1. The summed E-state index contributed by atoms with van der Waals surface area (Å²) in [5, 5.41) is 3.64. The lowest BCUT2D eigenvalue weighted by atomic mass is 9.97. The lowest BCUT2D eigenvalue weighted by Crippen LogP contribution is -2.36. The van der Waals surface area contributed by atoms with Gasteiger partial charge in [0, 0.05) is 12.6 Å². The van der Waals surface area contributed by atoms with Crippen LogP contribution in [-0.4, -0.2) is 32.3 Å². The van der Waals surface area contributed by atoms with E-state index in [0.29, 0.717) is 6.04 Å². The summed E-state index contributed by atoms with van der Waals surface area (Å²) in [7, 11) is 0. The molecule has 110 valence electrons. The molecule has 2 heterocycles. The summed E-state index contributed by atoms with van der Waals surface area (Å²) in [5.41, 5.74) is 2.74. The van der Waals surface area contributed by atoms with E-state index in [4.69, 9.17) is 4.74 Å². The molecule has 1 unspecified atom stereocenters. The minimum Gasteiger partial charge on any atom is -0.490 e. The Kier molecular flexibility index (Phi) is 4.46. The highest BCUT2D eigenvalue weighted by molar-refractivity contribution is 5.61. The number of anilines is 1. The molecule has 1 fully saturated rings. The van der Waals surface area contributed by atoms with Crippen molar-refractivity contribution in [3.8, 4) is 5.75 Å². The molecule has 1 aromatic carbocycles. The number of nitrogens with zero attached hydrogens (tertiary/aromatic N) is 1. The Hall–Kier alpha value is -1.22. The quantitative estimate of drug-likeness (QED) is 0.913. The second kappa shape index (κ2) is 6.49. The first-order valence-corrected chi connectivity index (χ1v) is 8.11. The average Bonchev–Trinajstić information content (AvgIpc) is 2.49. The van der Waals surface area contributed by atoms with E-state index >= 15 is 0 Å². The first-order chi connectivity index (χ1) is 9.86. The van der Waals surface area contributed by atoms with E-state index in [9.17, 15) is 0 Å². The highest BCUT2D eigenvalue weighted by Gasteiger charge is 2.19. The molecule has 3 heteroatoms. The molecular formula is C17H26N2O. The van der Waals surface area contributed by atoms with Gasteiger partial charge in [-0.25, -0.2) is 0 Å². The smallest absolute Gasteiger partial charge is 0.142 e. The zero-order valence-corrected chi connectivity index (χ0v) is 12.5. The van der Waals surface area contributed by atoms with Crippen LogP contribution in [0, 0.1) is 0 Å². The third kappa shape index (κ3) is 3.09. The predicted octanol–water partition coefficient (Wildman–Crippen LogP) is 2.98. The zero-order chi connectivity index (χ0) is 13.8. The van der Waals surface area contributed by atoms with Gasteiger partial charge in [-0.15, -0.1) is 0 Å². The standard InChI is InChI=1S/C17H26N2O/c1-2-9-19-10-11-20-17-7-6-14(13-16(17)19)12-15-5-3-4-8-18-15/h6-7,13,15,18H,2-5,8-12H2,1H3. The molecule has 3 rings (SSSR count). The fourth-order valence-corrected chi connectivity index (χ4v) is 3.33. The summed E-state index contributed by atoms with van der Waals surface area (Å²) in [5.74, 6) is 1.06. The van der Waals surface area contributed by atoms with Gasteiger partial charge in [-0.1, -0.05) is 19.4 Å². The topological polar surface area (TPSA) is 24.5 Å². The van der Waals surface area contributed by atoms with Crippen molar-refractivity contribution in [2.75, 3.05) is 31.1 Å². The first-order valence-electron chi connectivity index (χ1n) is 8.11. The van der Waals surface area contributed by atoms with Crippen LogP contribution in [0.5, 0.6) is 5.75 Å². The van der Waals surface area contributed by atoms with Crippen molar-refractivity contribution in [3.63, 3.8) is 0 Å². The monoisotopic (exact) mass is 274 g/mol. The van der Waals surface area contributed by atoms with Gasteiger partial charge in [0.15, 0.2) is 0 Å². The minimum atomic E-state index is 0.658. The SMILES string of the molecule is CCCN1CCOc2ccc(CC3CCCCN3)cc21. The van der Waals surface area contributed by atoms with Crippen LogP contribution in [0.1, 0.15) is 38.2 Å². The molecule has 0 radical (unpaired) electrons. The highest BCUT2D eigenvalue weighted by atomic mass is 16.5. The summed E-state index contributed by atoms with van der Waals surface area (Å²) in [6.45, 7) is 6.38. The van der Waals surface area contributed by atoms with Crippen molar-refractivity contribution in [1.82, 2.24) is 5.32 Å². The second-order valence-corrected chi connectivity index (χ2v) is 5.99. The number of hydrogen-bond acceptors (Lipinski definition) is 3. The molecule has 1 aromatic rings. The average molecular weight is 274 g/mol. The Morgan fingerprint density at radius 2 is 2.30 bits per heavy atom. The molecule has 0 saturated carbocycles. The normalized spacial score (nSPS) is 22.2. The van der Waals surface area contributed by atoms with Crippen molar-refractivity contribution in [2.45, 2.75) is 45.1 Å². The van der Waals surface area contributed by atoms with Crippen LogP contribution in [-0.2, 0) is 6.42 Å². The van der Waals surface area contributed by atoms with Gasteiger partial charge < -0.3 is 15.0 Å². The van der Waals surface area contributed by atoms with E-state index in [1.54, 1.807) is 0 Å². The van der Waals surface area contributed by atoms with Crippen molar-refractivity contribution < 1.29 is 4.74 Å². The highest BCUT2D eigenvalue weighted by Crippen LogP contribution is 2.33. The maximum Gasteiger partial charge on any atom is 0.142 e. The number of fused-ring (bicyclic) bond motifs is 1. The number of rotatable bonds is 4. The Morgan fingerprint density at radius 1 is 1.35 bits per heavy atom. The number of ether oxygens (including phenoxy) is 1. The predicted molar refractivity (Wildman–Crippen MR) is 83.8 cm³/mol. The van der Waals surface area contributed by atoms with Crippen LogP contribution in [0.2, 0.25) is 0 Å². The molecule has 0 bridgehead atoms. The first kappa shape index (κ1) is 13.7. The molecule has 0 aliphatic carbocycles. The third-order valence-corrected chi connectivity index (χ3v) is 4.37. The molecule has 0 amide bonds. The number of nitrogens with one attached hydrogen (secondary N) is 1. The van der Waals surface area contributed by atoms with Gasteiger partial charge in [0.05, 0.1) is 12.2 Å². The Morgan fingerprint density at radius 3 is 3.10 bits per heavy atom. The number of benzene rings is 1. The minimum absolute atomic E-state index is 0.658. The van der Waals surface area contributed by atoms with Crippen molar-refractivity contribution in [2.24, 2.45) is 0 Å². The van der Waals surface area contributed by atoms with E-state index in [2.05, 4.69) is 35.3 Å². The van der Waals surface area contributed by atoms with Gasteiger partial charge in [-0.05, 0) is 49.9 Å². The molecule has 1 atom stereocenters. The van der Waals surface area contributed by atoms with E-state index in [0.717, 1.165) is 31.9 Å². The van der Waals surface area contributed by atoms with Crippen molar-refractivity contribution >= 4 is 5.69 Å². The van der Waals surface area contributed by atoms with Crippen LogP contribution in [0.3, 0.4) is 0 Å². The maximum atomic E-state index is 5.79. The van der Waals surface area contributed by atoms with Crippen LogP contribution >= 0.6 is 0 Å². The van der Waals surface area contributed by atoms with Gasteiger partial charge >= 0.3 is 0 Å².